The number of hydrogen-bond acceptors (Lipinski definition) is 4. The minimum Gasteiger partial charge on any atom is -0.324 e. The normalized spacial score (nSPS) is 11.6. The van der Waals surface area contributed by atoms with Gasteiger partial charge in [0.2, 0.25) is 11.8 Å². The summed E-state index contributed by atoms with van der Waals surface area (Å²) in [6, 6.07) is 22.1. The molecule has 6 nitrogen and oxygen atoms in total. The standard InChI is InChI=1S/C25H24ClN3O3/c1-17(29(2)16-23(30)27-22-15-9-7-13-20(22)26)25(32)28-21-14-8-6-12-19(21)24(31)18-10-4-3-5-11-18/h3-15,17H,16H2,1-2H3,(H,27,30)(H,28,32). The van der Waals surface area contributed by atoms with E-state index in [2.05, 4.69) is 10.6 Å². The number of halogens is 1. The number of para-hydroxylation sites is 2. The Kier molecular flexibility index (Phi) is 7.76. The largest absolute Gasteiger partial charge is 0.324 e. The summed E-state index contributed by atoms with van der Waals surface area (Å²) in [5, 5.41) is 6.00. The van der Waals surface area contributed by atoms with Crippen LogP contribution < -0.4 is 10.6 Å². The first kappa shape index (κ1) is 23.2. The molecule has 1 unspecified atom stereocenters. The molecule has 0 aliphatic heterocycles. The van der Waals surface area contributed by atoms with Gasteiger partial charge in [0, 0.05) is 11.1 Å². The predicted molar refractivity (Wildman–Crippen MR) is 127 cm³/mol. The summed E-state index contributed by atoms with van der Waals surface area (Å²) in [6.07, 6.45) is 0. The smallest absolute Gasteiger partial charge is 0.241 e. The number of rotatable bonds is 8. The number of amides is 2. The monoisotopic (exact) mass is 449 g/mol. The van der Waals surface area contributed by atoms with Crippen LogP contribution in [-0.4, -0.2) is 42.1 Å². The number of nitrogens with one attached hydrogen (secondary N) is 2. The van der Waals surface area contributed by atoms with Crippen molar-refractivity contribution in [2.24, 2.45) is 0 Å². The average molecular weight is 450 g/mol. The molecule has 3 rings (SSSR count). The third kappa shape index (κ3) is 5.81. The lowest BCUT2D eigenvalue weighted by Crippen LogP contribution is -2.43. The molecule has 2 N–H and O–H groups in total. The fraction of sp³-hybridized carbons (Fsp3) is 0.160. The zero-order valence-electron chi connectivity index (χ0n) is 17.8. The Morgan fingerprint density at radius 2 is 1.44 bits per heavy atom. The van der Waals surface area contributed by atoms with Crippen LogP contribution in [-0.2, 0) is 9.59 Å². The summed E-state index contributed by atoms with van der Waals surface area (Å²) in [6.45, 7) is 1.68. The number of carbonyl (C=O) groups is 3. The molecule has 164 valence electrons. The molecule has 1 atom stereocenters. The van der Waals surface area contributed by atoms with Crippen molar-refractivity contribution in [1.29, 1.82) is 0 Å². The van der Waals surface area contributed by atoms with E-state index in [1.807, 2.05) is 6.07 Å². The third-order valence-corrected chi connectivity index (χ3v) is 5.38. The van der Waals surface area contributed by atoms with Gasteiger partial charge >= 0.3 is 0 Å². The van der Waals surface area contributed by atoms with Crippen LogP contribution in [0.3, 0.4) is 0 Å². The van der Waals surface area contributed by atoms with Crippen molar-refractivity contribution in [3.63, 3.8) is 0 Å². The molecule has 0 spiro atoms. The second-order valence-electron chi connectivity index (χ2n) is 7.35. The predicted octanol–water partition coefficient (Wildman–Crippen LogP) is 4.47. The van der Waals surface area contributed by atoms with E-state index in [0.29, 0.717) is 27.5 Å². The lowest BCUT2D eigenvalue weighted by Gasteiger charge is -2.24. The van der Waals surface area contributed by atoms with Crippen molar-refractivity contribution < 1.29 is 14.4 Å². The van der Waals surface area contributed by atoms with E-state index in [4.69, 9.17) is 11.6 Å². The van der Waals surface area contributed by atoms with E-state index in [9.17, 15) is 14.4 Å². The quantitative estimate of drug-likeness (QED) is 0.497. The maximum absolute atomic E-state index is 12.9. The van der Waals surface area contributed by atoms with Crippen molar-refractivity contribution in [3.05, 3.63) is 95.0 Å². The van der Waals surface area contributed by atoms with E-state index >= 15 is 0 Å². The first-order valence-electron chi connectivity index (χ1n) is 10.1. The van der Waals surface area contributed by atoms with Crippen molar-refractivity contribution >= 4 is 40.6 Å². The second kappa shape index (κ2) is 10.7. The molecule has 2 amide bonds. The maximum Gasteiger partial charge on any atom is 0.241 e. The molecule has 0 saturated carbocycles. The zero-order valence-corrected chi connectivity index (χ0v) is 18.6. The Hall–Kier alpha value is -3.48. The van der Waals surface area contributed by atoms with Crippen LogP contribution in [0.15, 0.2) is 78.9 Å². The van der Waals surface area contributed by atoms with Crippen molar-refractivity contribution in [2.45, 2.75) is 13.0 Å². The van der Waals surface area contributed by atoms with Gasteiger partial charge in [-0.3, -0.25) is 19.3 Å². The van der Waals surface area contributed by atoms with Gasteiger partial charge in [0.1, 0.15) is 0 Å². The van der Waals surface area contributed by atoms with Crippen LogP contribution in [0.2, 0.25) is 5.02 Å². The average Bonchev–Trinajstić information content (AvgIpc) is 2.80. The Balaban J connectivity index is 1.65. The molecule has 0 fully saturated rings. The molecule has 0 heterocycles. The molecule has 3 aromatic carbocycles. The lowest BCUT2D eigenvalue weighted by molar-refractivity contribution is -0.122. The molecule has 0 radical (unpaired) electrons. The van der Waals surface area contributed by atoms with Gasteiger partial charge in [0.05, 0.1) is 29.0 Å². The van der Waals surface area contributed by atoms with Gasteiger partial charge in [-0.15, -0.1) is 0 Å². The number of nitrogens with zero attached hydrogens (tertiary/aromatic N) is 1. The van der Waals surface area contributed by atoms with Crippen LogP contribution in [0.4, 0.5) is 11.4 Å². The number of anilines is 2. The Morgan fingerprint density at radius 1 is 0.844 bits per heavy atom. The number of carbonyl (C=O) groups excluding carboxylic acids is 3. The van der Waals surface area contributed by atoms with E-state index in [1.54, 1.807) is 91.7 Å². The van der Waals surface area contributed by atoms with Gasteiger partial charge < -0.3 is 10.6 Å². The number of ketones is 1. The fourth-order valence-electron chi connectivity index (χ4n) is 3.09. The maximum atomic E-state index is 12.9. The summed E-state index contributed by atoms with van der Waals surface area (Å²) < 4.78 is 0. The summed E-state index contributed by atoms with van der Waals surface area (Å²) >= 11 is 6.07. The minimum absolute atomic E-state index is 0.00952. The van der Waals surface area contributed by atoms with Gasteiger partial charge in [0.15, 0.2) is 5.78 Å². The molecule has 0 bridgehead atoms. The highest BCUT2D eigenvalue weighted by Crippen LogP contribution is 2.21. The van der Waals surface area contributed by atoms with Gasteiger partial charge in [0.25, 0.3) is 0 Å². The molecule has 0 aliphatic carbocycles. The Morgan fingerprint density at radius 3 is 2.12 bits per heavy atom. The summed E-state index contributed by atoms with van der Waals surface area (Å²) in [4.78, 5) is 39.7. The van der Waals surface area contributed by atoms with Crippen LogP contribution in [0.25, 0.3) is 0 Å². The van der Waals surface area contributed by atoms with Crippen molar-refractivity contribution in [1.82, 2.24) is 4.90 Å². The number of likely N-dealkylation sites (N-methyl/N-ethyl adjacent to an activating group) is 1. The number of benzene rings is 3. The first-order valence-corrected chi connectivity index (χ1v) is 10.5. The fourth-order valence-corrected chi connectivity index (χ4v) is 3.27. The van der Waals surface area contributed by atoms with Crippen molar-refractivity contribution in [3.8, 4) is 0 Å². The summed E-state index contributed by atoms with van der Waals surface area (Å²) in [5.74, 6) is -0.798. The second-order valence-corrected chi connectivity index (χ2v) is 7.76. The van der Waals surface area contributed by atoms with Crippen LogP contribution in [0.1, 0.15) is 22.8 Å². The molecule has 0 aliphatic rings. The van der Waals surface area contributed by atoms with Crippen LogP contribution >= 0.6 is 11.6 Å². The van der Waals surface area contributed by atoms with E-state index in [0.717, 1.165) is 0 Å². The van der Waals surface area contributed by atoms with E-state index in [1.165, 1.54) is 0 Å². The van der Waals surface area contributed by atoms with E-state index in [-0.39, 0.29) is 24.1 Å². The lowest BCUT2D eigenvalue weighted by atomic mass is 10.0. The molecule has 0 aromatic heterocycles. The van der Waals surface area contributed by atoms with Crippen LogP contribution in [0, 0.1) is 0 Å². The molecule has 32 heavy (non-hydrogen) atoms. The number of hydrogen-bond donors (Lipinski definition) is 2. The zero-order chi connectivity index (χ0) is 23.1. The van der Waals surface area contributed by atoms with Gasteiger partial charge in [-0.05, 0) is 38.2 Å². The highest BCUT2D eigenvalue weighted by molar-refractivity contribution is 6.33. The molecule has 0 saturated heterocycles. The van der Waals surface area contributed by atoms with Gasteiger partial charge in [-0.2, -0.15) is 0 Å². The highest BCUT2D eigenvalue weighted by atomic mass is 35.5. The summed E-state index contributed by atoms with van der Waals surface area (Å²) in [5.41, 5.74) is 1.87. The summed E-state index contributed by atoms with van der Waals surface area (Å²) in [7, 11) is 1.68. The van der Waals surface area contributed by atoms with Crippen molar-refractivity contribution in [2.75, 3.05) is 24.2 Å². The minimum atomic E-state index is -0.619. The van der Waals surface area contributed by atoms with Crippen LogP contribution in [0.5, 0.6) is 0 Å². The Bertz CT molecular complexity index is 1120. The molecule has 3 aromatic rings. The molecule has 7 heteroatoms. The van der Waals surface area contributed by atoms with Gasteiger partial charge in [-0.1, -0.05) is 66.2 Å². The molecular weight excluding hydrogens is 426 g/mol. The Labute approximate surface area is 192 Å². The van der Waals surface area contributed by atoms with Gasteiger partial charge in [-0.25, -0.2) is 0 Å². The highest BCUT2D eigenvalue weighted by Gasteiger charge is 2.22. The SMILES string of the molecule is CC(C(=O)Nc1ccccc1C(=O)c1ccccc1)N(C)CC(=O)Nc1ccccc1Cl. The first-order chi connectivity index (χ1) is 15.4. The topological polar surface area (TPSA) is 78.5 Å². The van der Waals surface area contributed by atoms with E-state index < -0.39 is 6.04 Å². The molecular formula is C25H24ClN3O3. The third-order valence-electron chi connectivity index (χ3n) is 5.05.